The van der Waals surface area contributed by atoms with Gasteiger partial charge in [0, 0.05) is 35.8 Å². The van der Waals surface area contributed by atoms with E-state index in [1.54, 1.807) is 0 Å². The molecule has 2 atom stereocenters. The monoisotopic (exact) mass is 368 g/mol. The van der Waals surface area contributed by atoms with Crippen LogP contribution in [0.1, 0.15) is 23.5 Å². The summed E-state index contributed by atoms with van der Waals surface area (Å²) in [7, 11) is 2.01. The highest BCUT2D eigenvalue weighted by Gasteiger charge is 2.39. The van der Waals surface area contributed by atoms with Crippen LogP contribution in [0.3, 0.4) is 0 Å². The lowest BCUT2D eigenvalue weighted by atomic mass is 10.0. The van der Waals surface area contributed by atoms with Crippen LogP contribution in [-0.4, -0.2) is 26.6 Å². The van der Waals surface area contributed by atoms with Crippen molar-refractivity contribution in [2.24, 2.45) is 0 Å². The first kappa shape index (κ1) is 16.1. The normalized spacial score (nSPS) is 19.9. The van der Waals surface area contributed by atoms with Gasteiger partial charge in [0.2, 0.25) is 0 Å². The molecule has 3 heterocycles. The average molecular weight is 369 g/mol. The zero-order chi connectivity index (χ0) is 17.4. The number of rotatable bonds is 3. The largest absolute Gasteiger partial charge is 0.352 e. The summed E-state index contributed by atoms with van der Waals surface area (Å²) in [4.78, 5) is 6.62. The lowest BCUT2D eigenvalue weighted by Crippen LogP contribution is -2.25. The Labute approximate surface area is 157 Å². The molecule has 1 aromatic carbocycles. The number of hydrogen-bond donors (Lipinski definition) is 1. The number of nitrogens with zero attached hydrogens (tertiary/aromatic N) is 3. The van der Waals surface area contributed by atoms with E-state index in [9.17, 15) is 0 Å². The fourth-order valence-electron chi connectivity index (χ4n) is 3.32. The molecule has 0 unspecified atom stereocenters. The van der Waals surface area contributed by atoms with Crippen molar-refractivity contribution in [2.45, 2.75) is 12.1 Å². The van der Waals surface area contributed by atoms with E-state index >= 15 is 0 Å². The van der Waals surface area contributed by atoms with Crippen molar-refractivity contribution in [2.75, 3.05) is 7.05 Å². The van der Waals surface area contributed by atoms with Gasteiger partial charge >= 0.3 is 0 Å². The molecule has 2 aromatic heterocycles. The number of nitrogens with one attached hydrogen (secondary N) is 1. The quantitative estimate of drug-likeness (QED) is 0.705. The second kappa shape index (κ2) is 6.50. The fourth-order valence-corrected chi connectivity index (χ4v) is 3.75. The molecule has 0 aliphatic carbocycles. The van der Waals surface area contributed by atoms with Gasteiger partial charge in [-0.1, -0.05) is 23.7 Å². The first-order valence-corrected chi connectivity index (χ1v) is 8.81. The zero-order valence-electron chi connectivity index (χ0n) is 13.6. The van der Waals surface area contributed by atoms with Crippen LogP contribution in [0.2, 0.25) is 5.02 Å². The van der Waals surface area contributed by atoms with E-state index in [2.05, 4.69) is 25.8 Å². The van der Waals surface area contributed by atoms with Crippen molar-refractivity contribution >= 4 is 28.9 Å². The number of halogens is 1. The molecule has 1 saturated heterocycles. The highest BCUT2D eigenvalue weighted by Crippen LogP contribution is 2.38. The SMILES string of the molecule is CN1C(=S)N[C@H](c2ccccn2)[C@H]1c1cccn1-c1cccc(Cl)c1. The maximum absolute atomic E-state index is 6.18. The summed E-state index contributed by atoms with van der Waals surface area (Å²) in [6.45, 7) is 0. The van der Waals surface area contributed by atoms with Crippen LogP contribution in [-0.2, 0) is 0 Å². The van der Waals surface area contributed by atoms with Crippen molar-refractivity contribution in [3.63, 3.8) is 0 Å². The standard InChI is InChI=1S/C19H17ClN4S/c1-23-18(17(22-19(23)25)15-8-2-3-10-21-15)16-9-5-11-24(16)14-7-4-6-13(20)12-14/h2-12,17-18H,1H3,(H,22,25)/t17-,18-/m1/s1. The van der Waals surface area contributed by atoms with Crippen LogP contribution < -0.4 is 5.32 Å². The van der Waals surface area contributed by atoms with Gasteiger partial charge in [-0.05, 0) is 54.7 Å². The summed E-state index contributed by atoms with van der Waals surface area (Å²) in [6.07, 6.45) is 3.86. The molecule has 3 aromatic rings. The second-order valence-corrected chi connectivity index (χ2v) is 6.84. The minimum atomic E-state index is -0.00784. The third kappa shape index (κ3) is 2.90. The molecule has 1 fully saturated rings. The van der Waals surface area contributed by atoms with E-state index in [0.29, 0.717) is 5.02 Å². The van der Waals surface area contributed by atoms with E-state index in [-0.39, 0.29) is 12.1 Å². The lowest BCUT2D eigenvalue weighted by molar-refractivity contribution is 0.357. The fraction of sp³-hybridized carbons (Fsp3) is 0.158. The number of likely N-dealkylation sites (N-methyl/N-ethyl adjacent to an activating group) is 1. The van der Waals surface area contributed by atoms with Gasteiger partial charge in [0.15, 0.2) is 5.11 Å². The molecule has 126 valence electrons. The van der Waals surface area contributed by atoms with E-state index in [4.69, 9.17) is 23.8 Å². The maximum Gasteiger partial charge on any atom is 0.169 e. The molecular weight excluding hydrogens is 352 g/mol. The maximum atomic E-state index is 6.18. The number of benzene rings is 1. The summed E-state index contributed by atoms with van der Waals surface area (Å²) in [5.74, 6) is 0. The summed E-state index contributed by atoms with van der Waals surface area (Å²) in [5.41, 5.74) is 3.13. The Morgan fingerprint density at radius 2 is 2.00 bits per heavy atom. The predicted octanol–water partition coefficient (Wildman–Crippen LogP) is 4.13. The predicted molar refractivity (Wildman–Crippen MR) is 104 cm³/mol. The number of pyridine rings is 1. The molecule has 0 spiro atoms. The molecule has 25 heavy (non-hydrogen) atoms. The van der Waals surface area contributed by atoms with Crippen LogP contribution >= 0.6 is 23.8 Å². The van der Waals surface area contributed by atoms with E-state index < -0.39 is 0 Å². The van der Waals surface area contributed by atoms with Crippen molar-refractivity contribution in [1.82, 2.24) is 19.8 Å². The Morgan fingerprint density at radius 1 is 1.12 bits per heavy atom. The minimum absolute atomic E-state index is 0.00784. The Hall–Kier alpha value is -2.37. The molecule has 0 amide bonds. The number of aromatic nitrogens is 2. The van der Waals surface area contributed by atoms with E-state index in [0.717, 1.165) is 22.2 Å². The van der Waals surface area contributed by atoms with Gasteiger partial charge < -0.3 is 14.8 Å². The van der Waals surface area contributed by atoms with Crippen molar-refractivity contribution < 1.29 is 0 Å². The molecule has 0 saturated carbocycles. The molecule has 1 aliphatic heterocycles. The smallest absolute Gasteiger partial charge is 0.169 e. The van der Waals surface area contributed by atoms with Crippen molar-refractivity contribution in [3.05, 3.63) is 83.4 Å². The Balaban J connectivity index is 1.80. The van der Waals surface area contributed by atoms with E-state index in [1.807, 2.05) is 68.0 Å². The van der Waals surface area contributed by atoms with Gasteiger partial charge in [0.1, 0.15) is 0 Å². The van der Waals surface area contributed by atoms with Crippen molar-refractivity contribution in [3.8, 4) is 5.69 Å². The first-order chi connectivity index (χ1) is 12.1. The van der Waals surface area contributed by atoms with Gasteiger partial charge in [-0.2, -0.15) is 0 Å². The first-order valence-electron chi connectivity index (χ1n) is 8.02. The Morgan fingerprint density at radius 3 is 2.76 bits per heavy atom. The third-order valence-corrected chi connectivity index (χ3v) is 5.15. The zero-order valence-corrected chi connectivity index (χ0v) is 15.2. The molecule has 4 nitrogen and oxygen atoms in total. The van der Waals surface area contributed by atoms with Crippen LogP contribution in [0.4, 0.5) is 0 Å². The molecule has 0 bridgehead atoms. The Kier molecular flexibility index (Phi) is 4.19. The van der Waals surface area contributed by atoms with Crippen LogP contribution in [0.15, 0.2) is 67.0 Å². The summed E-state index contributed by atoms with van der Waals surface area (Å²) < 4.78 is 2.15. The lowest BCUT2D eigenvalue weighted by Gasteiger charge is -2.25. The molecular formula is C19H17ClN4S. The van der Waals surface area contributed by atoms with Crippen LogP contribution in [0.25, 0.3) is 5.69 Å². The molecule has 1 N–H and O–H groups in total. The molecule has 6 heteroatoms. The van der Waals surface area contributed by atoms with E-state index in [1.165, 1.54) is 0 Å². The van der Waals surface area contributed by atoms with Gasteiger partial charge in [0.05, 0.1) is 17.8 Å². The summed E-state index contributed by atoms with van der Waals surface area (Å²) in [6, 6.07) is 18.0. The second-order valence-electron chi connectivity index (χ2n) is 6.02. The molecule has 1 aliphatic rings. The highest BCUT2D eigenvalue weighted by atomic mass is 35.5. The Bertz CT molecular complexity index is 909. The van der Waals surface area contributed by atoms with Gasteiger partial charge in [-0.3, -0.25) is 4.98 Å². The van der Waals surface area contributed by atoms with Crippen LogP contribution in [0.5, 0.6) is 0 Å². The van der Waals surface area contributed by atoms with Gasteiger partial charge in [-0.25, -0.2) is 0 Å². The van der Waals surface area contributed by atoms with Gasteiger partial charge in [-0.15, -0.1) is 0 Å². The summed E-state index contributed by atoms with van der Waals surface area (Å²) in [5, 5.41) is 4.84. The van der Waals surface area contributed by atoms with Crippen LogP contribution in [0, 0.1) is 0 Å². The minimum Gasteiger partial charge on any atom is -0.352 e. The molecule has 4 rings (SSSR count). The van der Waals surface area contributed by atoms with Crippen molar-refractivity contribution in [1.29, 1.82) is 0 Å². The highest BCUT2D eigenvalue weighted by molar-refractivity contribution is 7.80. The average Bonchev–Trinajstić information content (AvgIpc) is 3.21. The third-order valence-electron chi connectivity index (χ3n) is 4.51. The number of thiocarbonyl (C=S) groups is 1. The summed E-state index contributed by atoms with van der Waals surface area (Å²) >= 11 is 11.7. The molecule has 0 radical (unpaired) electrons. The topological polar surface area (TPSA) is 33.1 Å². The number of hydrogen-bond acceptors (Lipinski definition) is 2. The van der Waals surface area contributed by atoms with Gasteiger partial charge in [0.25, 0.3) is 0 Å².